The molecule has 1 fully saturated rings. The molecule has 0 aliphatic carbocycles. The SMILES string of the molecule is Cc1cc2c(cc1S(=O)(=O)N1CCC(C(=O)N3CCCc4ccccc43)CC1)O[C@@H](C)C(=O)N2. The largest absolute Gasteiger partial charge is 0.479 e. The topological polar surface area (TPSA) is 96.0 Å². The van der Waals surface area contributed by atoms with E-state index in [0.717, 1.165) is 18.5 Å². The summed E-state index contributed by atoms with van der Waals surface area (Å²) in [6.45, 7) is 4.62. The maximum Gasteiger partial charge on any atom is 0.265 e. The molecule has 1 saturated heterocycles. The molecule has 8 nitrogen and oxygen atoms in total. The number of amides is 2. The molecule has 0 unspecified atom stereocenters. The Balaban J connectivity index is 1.31. The van der Waals surface area contributed by atoms with Crippen molar-refractivity contribution in [2.45, 2.75) is 50.5 Å². The van der Waals surface area contributed by atoms with Crippen LogP contribution in [0.2, 0.25) is 0 Å². The molecule has 2 amide bonds. The number of para-hydroxylation sites is 1. The molecular weight excluding hydrogens is 454 g/mol. The first-order valence-corrected chi connectivity index (χ1v) is 13.2. The Morgan fingerprint density at radius 3 is 2.62 bits per heavy atom. The van der Waals surface area contributed by atoms with Crippen molar-refractivity contribution in [3.8, 4) is 5.75 Å². The summed E-state index contributed by atoms with van der Waals surface area (Å²) in [5.41, 5.74) is 3.20. The van der Waals surface area contributed by atoms with Gasteiger partial charge in [0.05, 0.1) is 10.6 Å². The van der Waals surface area contributed by atoms with Gasteiger partial charge in [0.1, 0.15) is 5.75 Å². The van der Waals surface area contributed by atoms with Crippen molar-refractivity contribution in [2.75, 3.05) is 29.9 Å². The van der Waals surface area contributed by atoms with Gasteiger partial charge in [0.2, 0.25) is 15.9 Å². The zero-order valence-corrected chi connectivity index (χ0v) is 20.2. The number of rotatable bonds is 3. The number of sulfonamides is 1. The molecule has 3 heterocycles. The highest BCUT2D eigenvalue weighted by atomic mass is 32.2. The molecule has 0 saturated carbocycles. The minimum absolute atomic E-state index is 0.0901. The van der Waals surface area contributed by atoms with E-state index >= 15 is 0 Å². The molecule has 9 heteroatoms. The van der Waals surface area contributed by atoms with E-state index in [4.69, 9.17) is 4.74 Å². The van der Waals surface area contributed by atoms with E-state index in [9.17, 15) is 18.0 Å². The van der Waals surface area contributed by atoms with Crippen LogP contribution in [0.4, 0.5) is 11.4 Å². The van der Waals surface area contributed by atoms with Gasteiger partial charge in [0.25, 0.3) is 5.91 Å². The Morgan fingerprint density at radius 2 is 1.85 bits per heavy atom. The number of carbonyl (C=O) groups is 2. The van der Waals surface area contributed by atoms with E-state index < -0.39 is 16.1 Å². The minimum Gasteiger partial charge on any atom is -0.479 e. The molecule has 0 bridgehead atoms. The number of carbonyl (C=O) groups excluding carboxylic acids is 2. The average Bonchev–Trinajstić information content (AvgIpc) is 2.84. The summed E-state index contributed by atoms with van der Waals surface area (Å²) in [5.74, 6) is -0.00963. The highest BCUT2D eigenvalue weighted by molar-refractivity contribution is 7.89. The highest BCUT2D eigenvalue weighted by Gasteiger charge is 2.36. The van der Waals surface area contributed by atoms with Gasteiger partial charge in [0.15, 0.2) is 6.10 Å². The fourth-order valence-electron chi connectivity index (χ4n) is 5.09. The van der Waals surface area contributed by atoms with Gasteiger partial charge in [-0.15, -0.1) is 0 Å². The minimum atomic E-state index is -3.76. The number of fused-ring (bicyclic) bond motifs is 2. The van der Waals surface area contributed by atoms with Gasteiger partial charge < -0.3 is 15.0 Å². The summed E-state index contributed by atoms with van der Waals surface area (Å²) in [6.07, 6.45) is 2.21. The molecule has 5 rings (SSSR count). The molecule has 180 valence electrons. The predicted molar refractivity (Wildman–Crippen MR) is 128 cm³/mol. The zero-order chi connectivity index (χ0) is 24.0. The third-order valence-corrected chi connectivity index (χ3v) is 9.05. The summed E-state index contributed by atoms with van der Waals surface area (Å²) in [6, 6.07) is 11.2. The second kappa shape index (κ2) is 8.70. The maximum absolute atomic E-state index is 13.5. The number of nitrogens with zero attached hydrogens (tertiary/aromatic N) is 2. The lowest BCUT2D eigenvalue weighted by Crippen LogP contribution is -2.45. The number of hydrogen-bond acceptors (Lipinski definition) is 5. The average molecular weight is 484 g/mol. The van der Waals surface area contributed by atoms with Crippen molar-refractivity contribution < 1.29 is 22.7 Å². The Bertz CT molecular complexity index is 1250. The molecule has 0 radical (unpaired) electrons. The first-order valence-electron chi connectivity index (χ1n) is 11.8. The van der Waals surface area contributed by atoms with Crippen LogP contribution in [-0.4, -0.2) is 50.3 Å². The summed E-state index contributed by atoms with van der Waals surface area (Å²) in [4.78, 5) is 27.2. The smallest absolute Gasteiger partial charge is 0.265 e. The number of ether oxygens (including phenoxy) is 1. The van der Waals surface area contributed by atoms with Crippen LogP contribution < -0.4 is 15.0 Å². The van der Waals surface area contributed by atoms with Crippen LogP contribution in [0.3, 0.4) is 0 Å². The number of piperidine rings is 1. The van der Waals surface area contributed by atoms with Crippen molar-refractivity contribution in [1.29, 1.82) is 0 Å². The van der Waals surface area contributed by atoms with Crippen molar-refractivity contribution in [3.05, 3.63) is 47.5 Å². The van der Waals surface area contributed by atoms with Crippen LogP contribution in [0.5, 0.6) is 5.75 Å². The number of anilines is 2. The van der Waals surface area contributed by atoms with Crippen molar-refractivity contribution in [2.24, 2.45) is 5.92 Å². The Hall–Kier alpha value is -2.91. The lowest BCUT2D eigenvalue weighted by atomic mass is 9.94. The zero-order valence-electron chi connectivity index (χ0n) is 19.4. The van der Waals surface area contributed by atoms with Crippen LogP contribution in [0.25, 0.3) is 0 Å². The van der Waals surface area contributed by atoms with Gasteiger partial charge in [-0.3, -0.25) is 9.59 Å². The summed E-state index contributed by atoms with van der Waals surface area (Å²) >= 11 is 0. The van der Waals surface area contributed by atoms with Gasteiger partial charge >= 0.3 is 0 Å². The maximum atomic E-state index is 13.5. The molecule has 1 atom stereocenters. The molecular formula is C25H29N3O5S. The van der Waals surface area contributed by atoms with Crippen LogP contribution in [-0.2, 0) is 26.0 Å². The normalized spacial score (nSPS) is 21.3. The monoisotopic (exact) mass is 483 g/mol. The second-order valence-corrected chi connectivity index (χ2v) is 11.2. The molecule has 0 aromatic heterocycles. The first kappa shape index (κ1) is 22.9. The summed E-state index contributed by atoms with van der Waals surface area (Å²) in [5, 5.41) is 2.75. The first-order chi connectivity index (χ1) is 16.3. The third-order valence-electron chi connectivity index (χ3n) is 7.01. The van der Waals surface area contributed by atoms with Gasteiger partial charge in [-0.2, -0.15) is 4.31 Å². The number of aryl methyl sites for hydroxylation is 2. The third kappa shape index (κ3) is 3.96. The molecule has 1 N–H and O–H groups in total. The van der Waals surface area contributed by atoms with E-state index in [1.807, 2.05) is 23.1 Å². The standard InChI is InChI=1S/C25H29N3O5S/c1-16-14-20-22(33-17(2)24(29)26-20)15-23(16)34(31,32)27-12-9-19(10-13-27)25(30)28-11-5-7-18-6-3-4-8-21(18)28/h3-4,6,8,14-15,17,19H,5,7,9-13H2,1-2H3,(H,26,29)/t17-/m0/s1. The van der Waals surface area contributed by atoms with Gasteiger partial charge in [0, 0.05) is 37.3 Å². The molecule has 3 aliphatic heterocycles. The van der Waals surface area contributed by atoms with Gasteiger partial charge in [-0.25, -0.2) is 8.42 Å². The Kier molecular flexibility index (Phi) is 5.85. The lowest BCUT2D eigenvalue weighted by Gasteiger charge is -2.36. The van der Waals surface area contributed by atoms with Crippen LogP contribution in [0.15, 0.2) is 41.3 Å². The fraction of sp³-hybridized carbons (Fsp3) is 0.440. The quantitative estimate of drug-likeness (QED) is 0.724. The Labute approximate surface area is 199 Å². The van der Waals surface area contributed by atoms with Crippen LogP contribution in [0, 0.1) is 12.8 Å². The van der Waals surface area contributed by atoms with Gasteiger partial charge in [-0.05, 0) is 62.8 Å². The number of hydrogen-bond donors (Lipinski definition) is 1. The molecule has 0 spiro atoms. The summed E-state index contributed by atoms with van der Waals surface area (Å²) < 4.78 is 34.0. The van der Waals surface area contributed by atoms with E-state index in [1.165, 1.54) is 15.9 Å². The molecule has 2 aromatic rings. The summed E-state index contributed by atoms with van der Waals surface area (Å²) in [7, 11) is -3.76. The highest BCUT2D eigenvalue weighted by Crippen LogP contribution is 2.37. The predicted octanol–water partition coefficient (Wildman–Crippen LogP) is 3.09. The molecule has 3 aliphatic rings. The van der Waals surface area contributed by atoms with E-state index in [0.29, 0.717) is 49.5 Å². The fourth-order valence-corrected chi connectivity index (χ4v) is 6.78. The van der Waals surface area contributed by atoms with Crippen LogP contribution >= 0.6 is 0 Å². The van der Waals surface area contributed by atoms with E-state index in [-0.39, 0.29) is 22.6 Å². The number of benzene rings is 2. The van der Waals surface area contributed by atoms with E-state index in [1.54, 1.807) is 19.9 Å². The Morgan fingerprint density at radius 1 is 1.12 bits per heavy atom. The molecule has 2 aromatic carbocycles. The van der Waals surface area contributed by atoms with Gasteiger partial charge in [-0.1, -0.05) is 18.2 Å². The second-order valence-electron chi connectivity index (χ2n) is 9.26. The van der Waals surface area contributed by atoms with Crippen molar-refractivity contribution in [3.63, 3.8) is 0 Å². The molecule has 34 heavy (non-hydrogen) atoms. The van der Waals surface area contributed by atoms with Crippen LogP contribution in [0.1, 0.15) is 37.3 Å². The van der Waals surface area contributed by atoms with Crippen molar-refractivity contribution in [1.82, 2.24) is 4.31 Å². The number of nitrogens with one attached hydrogen (secondary N) is 1. The van der Waals surface area contributed by atoms with Crippen molar-refractivity contribution >= 4 is 33.2 Å². The van der Waals surface area contributed by atoms with E-state index in [2.05, 4.69) is 11.4 Å². The lowest BCUT2D eigenvalue weighted by molar-refractivity contribution is -0.124.